The molecule has 0 radical (unpaired) electrons. The molecule has 8 heteroatoms. The van der Waals surface area contributed by atoms with Crippen LogP contribution in [0.2, 0.25) is 0 Å². The molecule has 0 unspecified atom stereocenters. The van der Waals surface area contributed by atoms with Crippen molar-refractivity contribution in [3.05, 3.63) is 65.4 Å². The molecule has 0 saturated carbocycles. The largest absolute Gasteiger partial charge is 0.481 e. The summed E-state index contributed by atoms with van der Waals surface area (Å²) >= 11 is 0. The smallest absolute Gasteiger partial charge is 0.387 e. The highest BCUT2D eigenvalue weighted by atomic mass is 19.3. The highest BCUT2D eigenvalue weighted by Crippen LogP contribution is 2.36. The fourth-order valence-electron chi connectivity index (χ4n) is 3.75. The van der Waals surface area contributed by atoms with Crippen LogP contribution in [0.15, 0.2) is 48.5 Å². The van der Waals surface area contributed by atoms with Crippen molar-refractivity contribution in [1.82, 2.24) is 9.97 Å². The van der Waals surface area contributed by atoms with Crippen LogP contribution in [0.5, 0.6) is 5.75 Å². The van der Waals surface area contributed by atoms with Gasteiger partial charge < -0.3 is 14.7 Å². The molecule has 1 N–H and O–H groups in total. The third-order valence-corrected chi connectivity index (χ3v) is 5.19. The summed E-state index contributed by atoms with van der Waals surface area (Å²) in [6.07, 6.45) is 1.54. The fourth-order valence-corrected chi connectivity index (χ4v) is 3.75. The van der Waals surface area contributed by atoms with Gasteiger partial charge >= 0.3 is 12.6 Å². The maximum atomic E-state index is 12.4. The summed E-state index contributed by atoms with van der Waals surface area (Å²) in [4.78, 5) is 22.5. The number of ether oxygens (including phenoxy) is 1. The van der Waals surface area contributed by atoms with Crippen LogP contribution in [-0.4, -0.2) is 34.2 Å². The fraction of sp³-hybridized carbons (Fsp3) is 0.261. The van der Waals surface area contributed by atoms with E-state index in [1.165, 1.54) is 12.1 Å². The van der Waals surface area contributed by atoms with Crippen molar-refractivity contribution < 1.29 is 23.4 Å². The van der Waals surface area contributed by atoms with E-state index in [1.807, 2.05) is 31.2 Å². The van der Waals surface area contributed by atoms with Crippen LogP contribution in [-0.2, 0) is 24.1 Å². The van der Waals surface area contributed by atoms with Gasteiger partial charge in [0.1, 0.15) is 11.6 Å². The second-order valence-electron chi connectivity index (χ2n) is 7.19. The lowest BCUT2D eigenvalue weighted by Crippen LogP contribution is -2.15. The summed E-state index contributed by atoms with van der Waals surface area (Å²) in [6.45, 7) is -0.0841. The summed E-state index contributed by atoms with van der Waals surface area (Å²) in [5.41, 5.74) is 4.43. The molecule has 2 aromatic carbocycles. The molecule has 0 spiro atoms. The molecule has 1 aliphatic heterocycles. The first-order valence-corrected chi connectivity index (χ1v) is 9.98. The number of alkyl halides is 2. The standard InChI is InChI=1S/C23H21F2N3O3/c1-2-19-18-11-12-28(16-7-3-14(4-8-16)13-20(29)30)22(18)27-21(26-19)15-5-9-17(10-6-15)31-23(24)25/h3-10,23H,2,11-13H2,1H3,(H,29,30). The zero-order valence-electron chi connectivity index (χ0n) is 16.9. The third-order valence-electron chi connectivity index (χ3n) is 5.19. The van der Waals surface area contributed by atoms with Gasteiger partial charge in [-0.25, -0.2) is 9.97 Å². The first kappa shape index (κ1) is 20.7. The number of hydrogen-bond acceptors (Lipinski definition) is 5. The molecular formula is C23H21F2N3O3. The Labute approximate surface area is 178 Å². The van der Waals surface area contributed by atoms with E-state index < -0.39 is 12.6 Å². The minimum atomic E-state index is -2.87. The molecule has 3 aromatic rings. The summed E-state index contributed by atoms with van der Waals surface area (Å²) < 4.78 is 29.2. The lowest BCUT2D eigenvalue weighted by molar-refractivity contribution is -0.136. The number of aromatic nitrogens is 2. The Morgan fingerprint density at radius 2 is 1.84 bits per heavy atom. The Balaban J connectivity index is 1.67. The van der Waals surface area contributed by atoms with Gasteiger partial charge in [-0.3, -0.25) is 4.79 Å². The quantitative estimate of drug-likeness (QED) is 0.595. The SMILES string of the molecule is CCc1nc(-c2ccc(OC(F)F)cc2)nc2c1CCN2c1ccc(CC(=O)O)cc1. The van der Waals surface area contributed by atoms with Gasteiger partial charge in [0.05, 0.1) is 6.42 Å². The minimum absolute atomic E-state index is 0.0194. The molecule has 0 saturated heterocycles. The van der Waals surface area contributed by atoms with Gasteiger partial charge in [-0.15, -0.1) is 0 Å². The summed E-state index contributed by atoms with van der Waals surface area (Å²) in [7, 11) is 0. The van der Waals surface area contributed by atoms with E-state index in [2.05, 4.69) is 9.64 Å². The number of halogens is 2. The van der Waals surface area contributed by atoms with Crippen LogP contribution >= 0.6 is 0 Å². The Kier molecular flexibility index (Phi) is 5.79. The average Bonchev–Trinajstić information content (AvgIpc) is 3.17. The topological polar surface area (TPSA) is 75.6 Å². The molecule has 31 heavy (non-hydrogen) atoms. The van der Waals surface area contributed by atoms with Crippen molar-refractivity contribution in [2.75, 3.05) is 11.4 Å². The number of rotatable bonds is 7. The molecule has 0 amide bonds. The maximum Gasteiger partial charge on any atom is 0.387 e. The zero-order chi connectivity index (χ0) is 22.0. The van der Waals surface area contributed by atoms with E-state index >= 15 is 0 Å². The van der Waals surface area contributed by atoms with Crippen molar-refractivity contribution in [3.63, 3.8) is 0 Å². The number of aryl methyl sites for hydroxylation is 1. The average molecular weight is 425 g/mol. The van der Waals surface area contributed by atoms with E-state index in [0.717, 1.165) is 47.7 Å². The predicted octanol–water partition coefficient (Wildman–Crippen LogP) is 4.63. The Morgan fingerprint density at radius 1 is 1.13 bits per heavy atom. The van der Waals surface area contributed by atoms with Gasteiger partial charge in [-0.1, -0.05) is 19.1 Å². The van der Waals surface area contributed by atoms with E-state index in [4.69, 9.17) is 15.1 Å². The van der Waals surface area contributed by atoms with Crippen LogP contribution in [0, 0.1) is 0 Å². The molecule has 1 aliphatic rings. The molecule has 0 bridgehead atoms. The van der Waals surface area contributed by atoms with Gasteiger partial charge in [0.15, 0.2) is 5.82 Å². The Morgan fingerprint density at radius 3 is 2.45 bits per heavy atom. The Hall–Kier alpha value is -3.55. The second-order valence-corrected chi connectivity index (χ2v) is 7.19. The van der Waals surface area contributed by atoms with Crippen LogP contribution in [0.4, 0.5) is 20.3 Å². The molecule has 0 aliphatic carbocycles. The predicted molar refractivity (Wildman–Crippen MR) is 112 cm³/mol. The molecule has 4 rings (SSSR count). The van der Waals surface area contributed by atoms with E-state index in [9.17, 15) is 13.6 Å². The number of fused-ring (bicyclic) bond motifs is 1. The summed E-state index contributed by atoms with van der Waals surface area (Å²) in [5, 5.41) is 8.96. The first-order chi connectivity index (χ1) is 14.9. The van der Waals surface area contributed by atoms with Crippen LogP contribution in [0.1, 0.15) is 23.7 Å². The molecule has 160 valence electrons. The van der Waals surface area contributed by atoms with Crippen LogP contribution in [0.25, 0.3) is 11.4 Å². The Bertz CT molecular complexity index is 1090. The number of hydrogen-bond donors (Lipinski definition) is 1. The number of nitrogens with zero attached hydrogens (tertiary/aromatic N) is 3. The van der Waals surface area contributed by atoms with E-state index in [1.54, 1.807) is 12.1 Å². The molecular weight excluding hydrogens is 404 g/mol. The van der Waals surface area contributed by atoms with Crippen molar-refractivity contribution in [2.24, 2.45) is 0 Å². The van der Waals surface area contributed by atoms with E-state index in [0.29, 0.717) is 11.4 Å². The van der Waals surface area contributed by atoms with Crippen molar-refractivity contribution in [2.45, 2.75) is 32.8 Å². The van der Waals surface area contributed by atoms with Crippen molar-refractivity contribution in [1.29, 1.82) is 0 Å². The van der Waals surface area contributed by atoms with E-state index in [-0.39, 0.29) is 12.2 Å². The summed E-state index contributed by atoms with van der Waals surface area (Å²) in [6, 6.07) is 13.7. The number of carbonyl (C=O) groups is 1. The van der Waals surface area contributed by atoms with Gasteiger partial charge in [-0.05, 0) is 54.8 Å². The number of aliphatic carboxylic acids is 1. The second kappa shape index (κ2) is 8.67. The minimum Gasteiger partial charge on any atom is -0.481 e. The molecule has 0 fully saturated rings. The molecule has 2 heterocycles. The molecule has 6 nitrogen and oxygen atoms in total. The highest BCUT2D eigenvalue weighted by molar-refractivity contribution is 5.72. The number of carboxylic acids is 1. The van der Waals surface area contributed by atoms with Crippen molar-refractivity contribution >= 4 is 17.5 Å². The first-order valence-electron chi connectivity index (χ1n) is 9.98. The summed E-state index contributed by atoms with van der Waals surface area (Å²) in [5.74, 6) is 0.558. The normalized spacial score (nSPS) is 12.8. The highest BCUT2D eigenvalue weighted by Gasteiger charge is 2.26. The van der Waals surface area contributed by atoms with Crippen molar-refractivity contribution in [3.8, 4) is 17.1 Å². The lowest BCUT2D eigenvalue weighted by Gasteiger charge is -2.20. The van der Waals surface area contributed by atoms with Crippen LogP contribution in [0.3, 0.4) is 0 Å². The monoisotopic (exact) mass is 425 g/mol. The van der Waals surface area contributed by atoms with Gasteiger partial charge in [0, 0.05) is 29.1 Å². The lowest BCUT2D eigenvalue weighted by atomic mass is 10.1. The number of benzene rings is 2. The molecule has 1 aromatic heterocycles. The molecule has 0 atom stereocenters. The van der Waals surface area contributed by atoms with Crippen LogP contribution < -0.4 is 9.64 Å². The van der Waals surface area contributed by atoms with Gasteiger partial charge in [0.2, 0.25) is 0 Å². The third kappa shape index (κ3) is 4.47. The van der Waals surface area contributed by atoms with Gasteiger partial charge in [0.25, 0.3) is 0 Å². The maximum absolute atomic E-state index is 12.4. The number of anilines is 2. The van der Waals surface area contributed by atoms with Gasteiger partial charge in [-0.2, -0.15) is 8.78 Å². The zero-order valence-corrected chi connectivity index (χ0v) is 16.9. The number of carboxylic acid groups (broad SMARTS) is 1.